The number of amides is 2. The zero-order valence-electron chi connectivity index (χ0n) is 7.56. The molecule has 5 heteroatoms. The topological polar surface area (TPSA) is 74.7 Å². The van der Waals surface area contributed by atoms with Crippen molar-refractivity contribution in [3.8, 4) is 0 Å². The molecule has 0 aliphatic carbocycles. The highest BCUT2D eigenvalue weighted by atomic mass is 16.4. The largest absolute Gasteiger partial charge is 0.478 e. The predicted octanol–water partition coefficient (Wildman–Crippen LogP) is -0.0577. The fraction of sp³-hybridized carbons (Fsp3) is 0.222. The van der Waals surface area contributed by atoms with Gasteiger partial charge >= 0.3 is 5.97 Å². The lowest BCUT2D eigenvalue weighted by Gasteiger charge is -2.10. The molecule has 0 atom stereocenters. The fourth-order valence-corrected chi connectivity index (χ4v) is 1.07. The summed E-state index contributed by atoms with van der Waals surface area (Å²) in [7, 11) is 0. The third-order valence-corrected chi connectivity index (χ3v) is 1.74. The van der Waals surface area contributed by atoms with Crippen molar-refractivity contribution in [2.45, 2.75) is 6.92 Å². The van der Waals surface area contributed by atoms with Crippen LogP contribution in [-0.2, 0) is 14.4 Å². The number of hydrogen-bond acceptors (Lipinski definition) is 3. The molecular weight excluding hydrogens is 186 g/mol. The van der Waals surface area contributed by atoms with Gasteiger partial charge in [0.1, 0.15) is 0 Å². The first-order chi connectivity index (χ1) is 6.52. The lowest BCUT2D eigenvalue weighted by atomic mass is 10.3. The monoisotopic (exact) mass is 195 g/mol. The minimum atomic E-state index is -1.10. The molecule has 2 amide bonds. The van der Waals surface area contributed by atoms with Gasteiger partial charge in [-0.3, -0.25) is 14.5 Å². The first-order valence-electron chi connectivity index (χ1n) is 3.96. The molecule has 1 aliphatic rings. The molecule has 0 saturated carbocycles. The summed E-state index contributed by atoms with van der Waals surface area (Å²) >= 11 is 0. The van der Waals surface area contributed by atoms with Crippen LogP contribution in [0.2, 0.25) is 0 Å². The van der Waals surface area contributed by atoms with Crippen molar-refractivity contribution >= 4 is 17.8 Å². The summed E-state index contributed by atoms with van der Waals surface area (Å²) in [5.74, 6) is -1.87. The highest BCUT2D eigenvalue weighted by Gasteiger charge is 2.26. The van der Waals surface area contributed by atoms with Crippen molar-refractivity contribution in [2.75, 3.05) is 6.54 Å². The average Bonchev–Trinajstić information content (AvgIpc) is 2.31. The Morgan fingerprint density at radius 1 is 1.57 bits per heavy atom. The van der Waals surface area contributed by atoms with E-state index in [0.717, 1.165) is 11.0 Å². The SMILES string of the molecule is CC1=CC(=O)N(C/C=C/C(=O)O)C1=O. The van der Waals surface area contributed by atoms with Crippen molar-refractivity contribution in [1.29, 1.82) is 0 Å². The number of nitrogens with zero attached hydrogens (tertiary/aromatic N) is 1. The zero-order valence-corrected chi connectivity index (χ0v) is 7.56. The van der Waals surface area contributed by atoms with Crippen LogP contribution in [0, 0.1) is 0 Å². The van der Waals surface area contributed by atoms with Crippen LogP contribution in [0.5, 0.6) is 0 Å². The molecule has 0 spiro atoms. The minimum absolute atomic E-state index is 0.00218. The summed E-state index contributed by atoms with van der Waals surface area (Å²) in [4.78, 5) is 33.5. The Morgan fingerprint density at radius 3 is 2.64 bits per heavy atom. The van der Waals surface area contributed by atoms with Crippen molar-refractivity contribution in [2.24, 2.45) is 0 Å². The zero-order chi connectivity index (χ0) is 10.7. The number of rotatable bonds is 3. The molecule has 74 valence electrons. The van der Waals surface area contributed by atoms with E-state index in [4.69, 9.17) is 5.11 Å². The normalized spacial score (nSPS) is 16.6. The molecule has 0 aromatic rings. The first-order valence-corrected chi connectivity index (χ1v) is 3.96. The van der Waals surface area contributed by atoms with E-state index in [1.165, 1.54) is 12.2 Å². The molecule has 1 N–H and O–H groups in total. The van der Waals surface area contributed by atoms with Crippen molar-refractivity contribution in [3.05, 3.63) is 23.8 Å². The highest BCUT2D eigenvalue weighted by Crippen LogP contribution is 2.11. The molecule has 0 saturated heterocycles. The van der Waals surface area contributed by atoms with E-state index in [1.807, 2.05) is 0 Å². The van der Waals surface area contributed by atoms with E-state index in [-0.39, 0.29) is 12.5 Å². The summed E-state index contributed by atoms with van der Waals surface area (Å²) in [6, 6.07) is 0. The van der Waals surface area contributed by atoms with Crippen LogP contribution >= 0.6 is 0 Å². The molecule has 1 heterocycles. The van der Waals surface area contributed by atoms with Gasteiger partial charge < -0.3 is 5.11 Å². The van der Waals surface area contributed by atoms with Gasteiger partial charge in [-0.15, -0.1) is 0 Å². The second kappa shape index (κ2) is 3.87. The molecule has 0 aromatic carbocycles. The molecule has 14 heavy (non-hydrogen) atoms. The number of hydrogen-bond donors (Lipinski definition) is 1. The number of carbonyl (C=O) groups excluding carboxylic acids is 2. The maximum absolute atomic E-state index is 11.2. The Kier molecular flexibility index (Phi) is 2.81. The summed E-state index contributed by atoms with van der Waals surface area (Å²) in [6.07, 6.45) is 3.38. The van der Waals surface area contributed by atoms with Crippen LogP contribution in [0.4, 0.5) is 0 Å². The average molecular weight is 195 g/mol. The van der Waals surface area contributed by atoms with Crippen LogP contribution in [-0.4, -0.2) is 34.3 Å². The van der Waals surface area contributed by atoms with Gasteiger partial charge in [-0.2, -0.15) is 0 Å². The number of carboxylic acids is 1. The van der Waals surface area contributed by atoms with E-state index in [2.05, 4.69) is 0 Å². The summed E-state index contributed by atoms with van der Waals surface area (Å²) in [5.41, 5.74) is 0.374. The lowest BCUT2D eigenvalue weighted by molar-refractivity contribution is -0.137. The quantitative estimate of drug-likeness (QED) is 0.505. The van der Waals surface area contributed by atoms with Crippen LogP contribution in [0.25, 0.3) is 0 Å². The summed E-state index contributed by atoms with van der Waals surface area (Å²) < 4.78 is 0. The molecule has 0 radical (unpaired) electrons. The van der Waals surface area contributed by atoms with Gasteiger partial charge in [0.05, 0.1) is 0 Å². The number of aliphatic carboxylic acids is 1. The summed E-state index contributed by atoms with van der Waals surface area (Å²) in [5, 5.41) is 8.28. The smallest absolute Gasteiger partial charge is 0.328 e. The Balaban J connectivity index is 2.60. The van der Waals surface area contributed by atoms with Gasteiger partial charge in [-0.05, 0) is 6.92 Å². The van der Waals surface area contributed by atoms with Gasteiger partial charge in [0.25, 0.3) is 11.8 Å². The minimum Gasteiger partial charge on any atom is -0.478 e. The molecule has 0 unspecified atom stereocenters. The van der Waals surface area contributed by atoms with Crippen LogP contribution < -0.4 is 0 Å². The highest BCUT2D eigenvalue weighted by molar-refractivity contribution is 6.15. The second-order valence-electron chi connectivity index (χ2n) is 2.82. The van der Waals surface area contributed by atoms with Crippen LogP contribution in [0.15, 0.2) is 23.8 Å². The Bertz CT molecular complexity index is 354. The number of carbonyl (C=O) groups is 3. The van der Waals surface area contributed by atoms with Gasteiger partial charge in [0.15, 0.2) is 0 Å². The number of carboxylic acid groups (broad SMARTS) is 1. The third kappa shape index (κ3) is 2.07. The Hall–Kier alpha value is -1.91. The molecule has 5 nitrogen and oxygen atoms in total. The van der Waals surface area contributed by atoms with E-state index >= 15 is 0 Å². The Morgan fingerprint density at radius 2 is 2.21 bits per heavy atom. The first kappa shape index (κ1) is 10.2. The maximum atomic E-state index is 11.2. The third-order valence-electron chi connectivity index (χ3n) is 1.74. The Labute approximate surface area is 80.3 Å². The number of imide groups is 1. The fourth-order valence-electron chi connectivity index (χ4n) is 1.07. The molecule has 1 rings (SSSR count). The van der Waals surface area contributed by atoms with Crippen LogP contribution in [0.3, 0.4) is 0 Å². The van der Waals surface area contributed by atoms with Gasteiger partial charge in [0.2, 0.25) is 0 Å². The standard InChI is InChI=1S/C9H9NO4/c1-6-5-7(11)10(9(6)14)4-2-3-8(12)13/h2-3,5H,4H2,1H3,(H,12,13)/b3-2+. The van der Waals surface area contributed by atoms with Crippen molar-refractivity contribution < 1.29 is 19.5 Å². The van der Waals surface area contributed by atoms with Crippen molar-refractivity contribution in [3.63, 3.8) is 0 Å². The second-order valence-corrected chi connectivity index (χ2v) is 2.82. The molecule has 0 fully saturated rings. The lowest BCUT2D eigenvalue weighted by Crippen LogP contribution is -2.30. The van der Waals surface area contributed by atoms with E-state index in [0.29, 0.717) is 5.57 Å². The van der Waals surface area contributed by atoms with Gasteiger partial charge in [0, 0.05) is 24.3 Å². The van der Waals surface area contributed by atoms with E-state index in [1.54, 1.807) is 6.92 Å². The molecule has 0 aromatic heterocycles. The van der Waals surface area contributed by atoms with Crippen LogP contribution in [0.1, 0.15) is 6.92 Å². The van der Waals surface area contributed by atoms with Gasteiger partial charge in [-0.1, -0.05) is 6.08 Å². The predicted molar refractivity (Wildman–Crippen MR) is 47.3 cm³/mol. The summed E-state index contributed by atoms with van der Waals surface area (Å²) in [6.45, 7) is 1.54. The molecule has 0 bridgehead atoms. The van der Waals surface area contributed by atoms with E-state index in [9.17, 15) is 14.4 Å². The molecule has 1 aliphatic heterocycles. The molecular formula is C9H9NO4. The van der Waals surface area contributed by atoms with Gasteiger partial charge in [-0.25, -0.2) is 4.79 Å². The van der Waals surface area contributed by atoms with E-state index < -0.39 is 11.9 Å². The maximum Gasteiger partial charge on any atom is 0.328 e. The van der Waals surface area contributed by atoms with Crippen molar-refractivity contribution in [1.82, 2.24) is 4.90 Å².